The van der Waals surface area contributed by atoms with Crippen LogP contribution in [0.3, 0.4) is 0 Å². The lowest BCUT2D eigenvalue weighted by Gasteiger charge is -2.27. The van der Waals surface area contributed by atoms with E-state index in [0.29, 0.717) is 13.1 Å². The zero-order valence-corrected chi connectivity index (χ0v) is 11.1. The Morgan fingerprint density at radius 3 is 2.29 bits per heavy atom. The lowest BCUT2D eigenvalue weighted by molar-refractivity contribution is -0.137. The largest absolute Gasteiger partial charge is 0.480 e. The summed E-state index contributed by atoms with van der Waals surface area (Å²) in [6.07, 6.45) is 1.70. The molecule has 1 aliphatic heterocycles. The minimum atomic E-state index is -3.61. The molecule has 1 fully saturated rings. The van der Waals surface area contributed by atoms with Crippen molar-refractivity contribution >= 4 is 16.2 Å². The van der Waals surface area contributed by atoms with Crippen LogP contribution in [0, 0.1) is 5.92 Å². The number of hydrogen-bond donors (Lipinski definition) is 1. The standard InChI is InChI=1S/C10H20N2O4S/c1-9(2)7-12(8-10(13)14)17(15,16)11-5-3-4-6-11/h9H,3-8H2,1-2H3,(H,13,14). The SMILES string of the molecule is CC(C)CN(CC(=O)O)S(=O)(=O)N1CCCC1. The van der Waals surface area contributed by atoms with Crippen LogP contribution in [0.25, 0.3) is 0 Å². The van der Waals surface area contributed by atoms with Gasteiger partial charge in [-0.1, -0.05) is 13.8 Å². The van der Waals surface area contributed by atoms with Gasteiger partial charge in [0, 0.05) is 19.6 Å². The fourth-order valence-corrected chi connectivity index (χ4v) is 3.69. The van der Waals surface area contributed by atoms with Crippen LogP contribution in [-0.4, -0.2) is 54.3 Å². The average Bonchev–Trinajstić information content (AvgIpc) is 2.68. The molecule has 0 aromatic carbocycles. The molecular weight excluding hydrogens is 244 g/mol. The molecule has 0 radical (unpaired) electrons. The normalized spacial score (nSPS) is 18.1. The van der Waals surface area contributed by atoms with E-state index in [2.05, 4.69) is 0 Å². The summed E-state index contributed by atoms with van der Waals surface area (Å²) in [6, 6.07) is 0. The summed E-state index contributed by atoms with van der Waals surface area (Å²) >= 11 is 0. The molecule has 1 saturated heterocycles. The molecule has 100 valence electrons. The molecule has 0 aromatic heterocycles. The van der Waals surface area contributed by atoms with Gasteiger partial charge in [0.1, 0.15) is 6.54 Å². The number of carboxylic acids is 1. The van der Waals surface area contributed by atoms with Gasteiger partial charge in [0.15, 0.2) is 0 Å². The molecule has 1 aliphatic rings. The third-order valence-electron chi connectivity index (χ3n) is 2.60. The molecule has 0 aliphatic carbocycles. The number of nitrogens with zero attached hydrogens (tertiary/aromatic N) is 2. The Morgan fingerprint density at radius 1 is 1.35 bits per heavy atom. The highest BCUT2D eigenvalue weighted by molar-refractivity contribution is 7.86. The Hall–Kier alpha value is -0.660. The van der Waals surface area contributed by atoms with Crippen molar-refractivity contribution in [3.8, 4) is 0 Å². The zero-order chi connectivity index (χ0) is 13.1. The first-order valence-corrected chi connectivity index (χ1v) is 7.20. The number of rotatable bonds is 6. The van der Waals surface area contributed by atoms with Crippen LogP contribution >= 0.6 is 0 Å². The van der Waals surface area contributed by atoms with Crippen molar-refractivity contribution in [1.82, 2.24) is 8.61 Å². The fraction of sp³-hybridized carbons (Fsp3) is 0.900. The fourth-order valence-electron chi connectivity index (χ4n) is 1.88. The highest BCUT2D eigenvalue weighted by atomic mass is 32.2. The van der Waals surface area contributed by atoms with Crippen LogP contribution in [-0.2, 0) is 15.0 Å². The molecule has 0 atom stereocenters. The van der Waals surface area contributed by atoms with Gasteiger partial charge < -0.3 is 5.11 Å². The number of hydrogen-bond acceptors (Lipinski definition) is 3. The van der Waals surface area contributed by atoms with Gasteiger partial charge in [-0.3, -0.25) is 4.79 Å². The molecule has 0 spiro atoms. The summed E-state index contributed by atoms with van der Waals surface area (Å²) in [5.41, 5.74) is 0. The number of aliphatic carboxylic acids is 1. The predicted molar refractivity (Wildman–Crippen MR) is 63.8 cm³/mol. The maximum atomic E-state index is 12.2. The van der Waals surface area contributed by atoms with E-state index in [0.717, 1.165) is 17.1 Å². The lowest BCUT2D eigenvalue weighted by Crippen LogP contribution is -2.46. The quantitative estimate of drug-likeness (QED) is 0.752. The van der Waals surface area contributed by atoms with E-state index >= 15 is 0 Å². The first-order chi connectivity index (χ1) is 7.84. The molecule has 1 heterocycles. The van der Waals surface area contributed by atoms with E-state index in [-0.39, 0.29) is 12.5 Å². The summed E-state index contributed by atoms with van der Waals surface area (Å²) in [7, 11) is -3.61. The third kappa shape index (κ3) is 3.93. The van der Waals surface area contributed by atoms with Crippen molar-refractivity contribution in [2.75, 3.05) is 26.2 Å². The van der Waals surface area contributed by atoms with Crippen molar-refractivity contribution in [3.05, 3.63) is 0 Å². The predicted octanol–water partition coefficient (Wildman–Crippen LogP) is 0.370. The summed E-state index contributed by atoms with van der Waals surface area (Å²) in [5.74, 6) is -1.01. The molecular formula is C10H20N2O4S. The minimum Gasteiger partial charge on any atom is -0.480 e. The second kappa shape index (κ2) is 5.79. The first-order valence-electron chi connectivity index (χ1n) is 5.81. The topological polar surface area (TPSA) is 77.9 Å². The summed E-state index contributed by atoms with van der Waals surface area (Å²) in [6.45, 7) is 4.51. The summed E-state index contributed by atoms with van der Waals surface area (Å²) < 4.78 is 26.8. The van der Waals surface area contributed by atoms with Gasteiger partial charge in [-0.25, -0.2) is 0 Å². The maximum absolute atomic E-state index is 12.2. The molecule has 0 aromatic rings. The van der Waals surface area contributed by atoms with Crippen LogP contribution in [0.5, 0.6) is 0 Å². The third-order valence-corrected chi connectivity index (χ3v) is 4.55. The van der Waals surface area contributed by atoms with Gasteiger partial charge in [-0.05, 0) is 18.8 Å². The van der Waals surface area contributed by atoms with Gasteiger partial charge in [0.2, 0.25) is 0 Å². The molecule has 17 heavy (non-hydrogen) atoms. The molecule has 0 saturated carbocycles. The Bertz CT molecular complexity index is 361. The van der Waals surface area contributed by atoms with E-state index in [1.54, 1.807) is 0 Å². The number of carboxylic acid groups (broad SMARTS) is 1. The Morgan fingerprint density at radius 2 is 1.88 bits per heavy atom. The highest BCUT2D eigenvalue weighted by Crippen LogP contribution is 2.17. The van der Waals surface area contributed by atoms with Gasteiger partial charge in [0.25, 0.3) is 10.2 Å². The molecule has 6 nitrogen and oxygen atoms in total. The van der Waals surface area contributed by atoms with Gasteiger partial charge >= 0.3 is 5.97 Å². The second-order valence-electron chi connectivity index (χ2n) is 4.69. The Kier molecular flexibility index (Phi) is 4.91. The molecule has 0 unspecified atom stereocenters. The minimum absolute atomic E-state index is 0.103. The van der Waals surface area contributed by atoms with Crippen molar-refractivity contribution < 1.29 is 18.3 Å². The zero-order valence-electron chi connectivity index (χ0n) is 10.3. The number of carbonyl (C=O) groups is 1. The van der Waals surface area contributed by atoms with Crippen LogP contribution in [0.1, 0.15) is 26.7 Å². The molecule has 0 amide bonds. The van der Waals surface area contributed by atoms with Gasteiger partial charge in [-0.15, -0.1) is 0 Å². The van der Waals surface area contributed by atoms with Gasteiger partial charge in [-0.2, -0.15) is 17.0 Å². The molecule has 0 bridgehead atoms. The summed E-state index contributed by atoms with van der Waals surface area (Å²) in [4.78, 5) is 10.7. The van der Waals surface area contributed by atoms with Crippen molar-refractivity contribution in [2.45, 2.75) is 26.7 Å². The lowest BCUT2D eigenvalue weighted by atomic mass is 10.2. The molecule has 1 N–H and O–H groups in total. The average molecular weight is 264 g/mol. The van der Waals surface area contributed by atoms with Gasteiger partial charge in [0.05, 0.1) is 0 Å². The van der Waals surface area contributed by atoms with Crippen LogP contribution in [0.15, 0.2) is 0 Å². The van der Waals surface area contributed by atoms with E-state index in [4.69, 9.17) is 5.11 Å². The molecule has 7 heteroatoms. The van der Waals surface area contributed by atoms with E-state index < -0.39 is 22.7 Å². The van der Waals surface area contributed by atoms with Crippen LogP contribution < -0.4 is 0 Å². The van der Waals surface area contributed by atoms with E-state index in [1.807, 2.05) is 13.8 Å². The van der Waals surface area contributed by atoms with Crippen molar-refractivity contribution in [3.63, 3.8) is 0 Å². The van der Waals surface area contributed by atoms with Crippen LogP contribution in [0.2, 0.25) is 0 Å². The van der Waals surface area contributed by atoms with E-state index in [1.165, 1.54) is 4.31 Å². The van der Waals surface area contributed by atoms with Crippen molar-refractivity contribution in [2.24, 2.45) is 5.92 Å². The Labute approximate surface area is 102 Å². The monoisotopic (exact) mass is 264 g/mol. The smallest absolute Gasteiger partial charge is 0.318 e. The first kappa shape index (κ1) is 14.4. The second-order valence-corrected chi connectivity index (χ2v) is 6.62. The molecule has 1 rings (SSSR count). The summed E-state index contributed by atoms with van der Waals surface area (Å²) in [5, 5.41) is 8.78. The Balaban J connectivity index is 2.82. The van der Waals surface area contributed by atoms with Crippen molar-refractivity contribution in [1.29, 1.82) is 0 Å². The van der Waals surface area contributed by atoms with E-state index in [9.17, 15) is 13.2 Å². The highest BCUT2D eigenvalue weighted by Gasteiger charge is 2.33. The van der Waals surface area contributed by atoms with Crippen LogP contribution in [0.4, 0.5) is 0 Å². The maximum Gasteiger partial charge on any atom is 0.318 e.